The van der Waals surface area contributed by atoms with Gasteiger partial charge in [0.2, 0.25) is 0 Å². The summed E-state index contributed by atoms with van der Waals surface area (Å²) in [7, 11) is 1.63. The molecule has 172 valence electrons. The van der Waals surface area contributed by atoms with Crippen molar-refractivity contribution in [2.75, 3.05) is 12.9 Å². The maximum atomic E-state index is 12.4. The Morgan fingerprint density at radius 1 is 1.03 bits per heavy atom. The second-order valence-electron chi connectivity index (χ2n) is 7.70. The number of nitrogens with zero attached hydrogens (tertiary/aromatic N) is 4. The van der Waals surface area contributed by atoms with E-state index in [4.69, 9.17) is 4.74 Å². The topological polar surface area (TPSA) is 81.4 Å². The standard InChI is InChI=1S/C26H25N5O2S/c1-18-7-9-21(10-8-18)25-29-30-26(31(25)22-11-13-23(33-3)14-12-22)34-17-24(32)28-27-16-20-6-4-5-19(2)15-20/h4-16H,17H2,1-3H3,(H,28,32)/b27-16-. The Bertz CT molecular complexity index is 1300. The number of nitrogens with one attached hydrogen (secondary N) is 1. The van der Waals surface area contributed by atoms with Gasteiger partial charge in [-0.3, -0.25) is 9.36 Å². The van der Waals surface area contributed by atoms with E-state index in [0.29, 0.717) is 11.0 Å². The van der Waals surface area contributed by atoms with Crippen molar-refractivity contribution in [2.24, 2.45) is 5.10 Å². The van der Waals surface area contributed by atoms with E-state index in [1.54, 1.807) is 13.3 Å². The SMILES string of the molecule is COc1ccc(-n2c(SCC(=O)N/N=C\c3cccc(C)c3)nnc2-c2ccc(C)cc2)cc1. The Kier molecular flexibility index (Phi) is 7.39. The molecule has 0 radical (unpaired) electrons. The lowest BCUT2D eigenvalue weighted by molar-refractivity contribution is -0.118. The number of hydrazone groups is 1. The molecule has 0 saturated carbocycles. The lowest BCUT2D eigenvalue weighted by Crippen LogP contribution is -2.20. The van der Waals surface area contributed by atoms with Crippen LogP contribution in [0.1, 0.15) is 16.7 Å². The van der Waals surface area contributed by atoms with E-state index in [0.717, 1.165) is 33.7 Å². The third kappa shape index (κ3) is 5.71. The van der Waals surface area contributed by atoms with Crippen molar-refractivity contribution in [2.45, 2.75) is 19.0 Å². The van der Waals surface area contributed by atoms with Crippen molar-refractivity contribution in [3.63, 3.8) is 0 Å². The molecule has 0 atom stereocenters. The van der Waals surface area contributed by atoms with Crippen LogP contribution in [0, 0.1) is 13.8 Å². The Labute approximate surface area is 202 Å². The van der Waals surface area contributed by atoms with Gasteiger partial charge in [0, 0.05) is 11.3 Å². The molecule has 0 fully saturated rings. The average molecular weight is 472 g/mol. The van der Waals surface area contributed by atoms with Crippen LogP contribution in [0.15, 0.2) is 83.1 Å². The number of methoxy groups -OCH3 is 1. The number of rotatable bonds is 8. The number of ether oxygens (including phenoxy) is 1. The molecule has 0 bridgehead atoms. The lowest BCUT2D eigenvalue weighted by atomic mass is 10.1. The predicted molar refractivity (Wildman–Crippen MR) is 136 cm³/mol. The number of carbonyl (C=O) groups is 1. The van der Waals surface area contributed by atoms with Gasteiger partial charge >= 0.3 is 0 Å². The second kappa shape index (κ2) is 10.8. The van der Waals surface area contributed by atoms with Gasteiger partial charge < -0.3 is 4.74 Å². The number of hydrogen-bond donors (Lipinski definition) is 1. The fourth-order valence-corrected chi connectivity index (χ4v) is 4.05. The first-order valence-corrected chi connectivity index (χ1v) is 11.7. The van der Waals surface area contributed by atoms with E-state index in [2.05, 4.69) is 20.7 Å². The smallest absolute Gasteiger partial charge is 0.250 e. The molecule has 1 heterocycles. The molecule has 1 amide bonds. The molecular weight excluding hydrogens is 446 g/mol. The van der Waals surface area contributed by atoms with Crippen LogP contribution in [0.3, 0.4) is 0 Å². The Morgan fingerprint density at radius 3 is 2.50 bits per heavy atom. The van der Waals surface area contributed by atoms with Crippen LogP contribution < -0.4 is 10.2 Å². The first-order valence-electron chi connectivity index (χ1n) is 10.7. The van der Waals surface area contributed by atoms with Gasteiger partial charge in [0.15, 0.2) is 11.0 Å². The molecule has 0 unspecified atom stereocenters. The summed E-state index contributed by atoms with van der Waals surface area (Å²) in [4.78, 5) is 12.4. The zero-order valence-corrected chi connectivity index (χ0v) is 20.0. The van der Waals surface area contributed by atoms with Crippen molar-refractivity contribution >= 4 is 23.9 Å². The summed E-state index contributed by atoms with van der Waals surface area (Å²) in [5.74, 6) is 1.38. The highest BCUT2D eigenvalue weighted by Crippen LogP contribution is 2.29. The van der Waals surface area contributed by atoms with Crippen LogP contribution in [0.5, 0.6) is 5.75 Å². The number of aromatic nitrogens is 3. The number of hydrogen-bond acceptors (Lipinski definition) is 6. The molecule has 1 N–H and O–H groups in total. The quantitative estimate of drug-likeness (QED) is 0.227. The number of carbonyl (C=O) groups excluding carboxylic acids is 1. The Balaban J connectivity index is 1.52. The van der Waals surface area contributed by atoms with Gasteiger partial charge in [-0.1, -0.05) is 71.4 Å². The van der Waals surface area contributed by atoms with Crippen molar-refractivity contribution in [3.8, 4) is 22.8 Å². The zero-order valence-electron chi connectivity index (χ0n) is 19.2. The molecule has 3 aromatic carbocycles. The highest BCUT2D eigenvalue weighted by Gasteiger charge is 2.17. The number of amides is 1. The van der Waals surface area contributed by atoms with Crippen LogP contribution in [0.2, 0.25) is 0 Å². The fourth-order valence-electron chi connectivity index (χ4n) is 3.31. The van der Waals surface area contributed by atoms with E-state index >= 15 is 0 Å². The number of thioether (sulfide) groups is 1. The molecule has 4 aromatic rings. The summed E-state index contributed by atoms with van der Waals surface area (Å²) in [6.07, 6.45) is 1.63. The lowest BCUT2D eigenvalue weighted by Gasteiger charge is -2.11. The summed E-state index contributed by atoms with van der Waals surface area (Å²) >= 11 is 1.30. The monoisotopic (exact) mass is 471 g/mol. The molecule has 0 saturated heterocycles. The summed E-state index contributed by atoms with van der Waals surface area (Å²) in [5, 5.41) is 13.5. The maximum absolute atomic E-state index is 12.4. The minimum absolute atomic E-state index is 0.146. The minimum Gasteiger partial charge on any atom is -0.497 e. The molecule has 0 aliphatic heterocycles. The summed E-state index contributed by atoms with van der Waals surface area (Å²) in [6, 6.07) is 23.6. The third-order valence-electron chi connectivity index (χ3n) is 5.05. The molecule has 1 aromatic heterocycles. The number of aryl methyl sites for hydroxylation is 2. The van der Waals surface area contributed by atoms with Gasteiger partial charge in [-0.05, 0) is 43.7 Å². The van der Waals surface area contributed by atoms with Gasteiger partial charge in [-0.2, -0.15) is 5.10 Å². The molecular formula is C26H25N5O2S. The van der Waals surface area contributed by atoms with E-state index < -0.39 is 0 Å². The van der Waals surface area contributed by atoms with Crippen LogP contribution in [-0.2, 0) is 4.79 Å². The van der Waals surface area contributed by atoms with Gasteiger partial charge in [0.25, 0.3) is 5.91 Å². The zero-order chi connectivity index (χ0) is 23.9. The fraction of sp³-hybridized carbons (Fsp3) is 0.154. The van der Waals surface area contributed by atoms with Gasteiger partial charge in [-0.25, -0.2) is 5.43 Å². The van der Waals surface area contributed by atoms with Crippen LogP contribution in [0.4, 0.5) is 0 Å². The van der Waals surface area contributed by atoms with Gasteiger partial charge in [0.1, 0.15) is 5.75 Å². The first-order chi connectivity index (χ1) is 16.5. The maximum Gasteiger partial charge on any atom is 0.250 e. The van der Waals surface area contributed by atoms with Crippen molar-refractivity contribution in [1.29, 1.82) is 0 Å². The van der Waals surface area contributed by atoms with E-state index in [-0.39, 0.29) is 11.7 Å². The normalized spacial score (nSPS) is 11.0. The van der Waals surface area contributed by atoms with E-state index in [1.165, 1.54) is 11.8 Å². The molecule has 7 nitrogen and oxygen atoms in total. The van der Waals surface area contributed by atoms with E-state index in [9.17, 15) is 4.79 Å². The second-order valence-corrected chi connectivity index (χ2v) is 8.64. The van der Waals surface area contributed by atoms with Crippen molar-refractivity contribution < 1.29 is 9.53 Å². The summed E-state index contributed by atoms with van der Waals surface area (Å²) in [5.41, 5.74) is 7.61. The molecule has 0 aliphatic rings. The first kappa shape index (κ1) is 23.3. The minimum atomic E-state index is -0.227. The molecule has 34 heavy (non-hydrogen) atoms. The number of benzene rings is 3. The van der Waals surface area contributed by atoms with Crippen molar-refractivity contribution in [3.05, 3.63) is 89.5 Å². The van der Waals surface area contributed by atoms with Crippen LogP contribution >= 0.6 is 11.8 Å². The van der Waals surface area contributed by atoms with Crippen LogP contribution in [-0.4, -0.2) is 39.7 Å². The Morgan fingerprint density at radius 2 is 1.79 bits per heavy atom. The Hall–Kier alpha value is -3.91. The van der Waals surface area contributed by atoms with Gasteiger partial charge in [-0.15, -0.1) is 10.2 Å². The molecule has 4 rings (SSSR count). The molecule has 0 aliphatic carbocycles. The van der Waals surface area contributed by atoms with Crippen LogP contribution in [0.25, 0.3) is 17.1 Å². The van der Waals surface area contributed by atoms with Gasteiger partial charge in [0.05, 0.1) is 19.1 Å². The molecule has 8 heteroatoms. The highest BCUT2D eigenvalue weighted by atomic mass is 32.2. The largest absolute Gasteiger partial charge is 0.497 e. The highest BCUT2D eigenvalue weighted by molar-refractivity contribution is 7.99. The van der Waals surface area contributed by atoms with Crippen molar-refractivity contribution in [1.82, 2.24) is 20.2 Å². The summed E-state index contributed by atoms with van der Waals surface area (Å²) < 4.78 is 7.23. The summed E-state index contributed by atoms with van der Waals surface area (Å²) in [6.45, 7) is 4.05. The average Bonchev–Trinajstić information content (AvgIpc) is 3.27. The third-order valence-corrected chi connectivity index (χ3v) is 5.98. The van der Waals surface area contributed by atoms with E-state index in [1.807, 2.05) is 91.2 Å². The predicted octanol–water partition coefficient (Wildman–Crippen LogP) is 4.80. The molecule has 0 spiro atoms.